The number of amides is 1. The first kappa shape index (κ1) is 10.3. The average molecular weight is 182 g/mol. The van der Waals surface area contributed by atoms with Gasteiger partial charge in [-0.15, -0.1) is 0 Å². The van der Waals surface area contributed by atoms with Crippen molar-refractivity contribution < 1.29 is 4.79 Å². The van der Waals surface area contributed by atoms with Crippen LogP contribution in [0.5, 0.6) is 0 Å². The fourth-order valence-electron chi connectivity index (χ4n) is 1.33. The summed E-state index contributed by atoms with van der Waals surface area (Å²) in [5.74, 6) is 0.175. The van der Waals surface area contributed by atoms with Crippen molar-refractivity contribution >= 4 is 5.91 Å². The summed E-state index contributed by atoms with van der Waals surface area (Å²) in [6, 6.07) is 0.481. The number of carbonyl (C=O) groups excluding carboxylic acids is 1. The molecule has 0 unspecified atom stereocenters. The maximum absolute atomic E-state index is 11.4. The van der Waals surface area contributed by atoms with Crippen LogP contribution in [-0.2, 0) is 4.79 Å². The molecule has 0 saturated heterocycles. The molecule has 0 atom stereocenters. The standard InChI is InChI=1S/C10H18N2O/c1-3-12(2)10(13)8-11-9-6-4-5-7-9/h4-5,9,11H,3,6-8H2,1-2H3. The maximum Gasteiger partial charge on any atom is 0.236 e. The largest absolute Gasteiger partial charge is 0.345 e. The van der Waals surface area contributed by atoms with Crippen LogP contribution < -0.4 is 5.32 Å². The van der Waals surface area contributed by atoms with Gasteiger partial charge in [-0.1, -0.05) is 12.2 Å². The van der Waals surface area contributed by atoms with Gasteiger partial charge >= 0.3 is 0 Å². The van der Waals surface area contributed by atoms with E-state index in [1.165, 1.54) is 0 Å². The molecule has 0 aromatic carbocycles. The Bertz CT molecular complexity index is 193. The van der Waals surface area contributed by atoms with E-state index in [1.807, 2.05) is 14.0 Å². The Morgan fingerprint density at radius 3 is 2.69 bits per heavy atom. The molecule has 0 bridgehead atoms. The summed E-state index contributed by atoms with van der Waals surface area (Å²) < 4.78 is 0. The second kappa shape index (κ2) is 5.02. The van der Waals surface area contributed by atoms with Crippen molar-refractivity contribution in [2.45, 2.75) is 25.8 Å². The molecule has 0 aliphatic heterocycles. The van der Waals surface area contributed by atoms with Gasteiger partial charge in [-0.25, -0.2) is 0 Å². The number of carbonyl (C=O) groups is 1. The van der Waals surface area contributed by atoms with Crippen LogP contribution in [0.25, 0.3) is 0 Å². The highest BCUT2D eigenvalue weighted by Gasteiger charge is 2.12. The minimum absolute atomic E-state index is 0.175. The summed E-state index contributed by atoms with van der Waals surface area (Å²) in [5, 5.41) is 3.24. The molecular formula is C10H18N2O. The van der Waals surface area contributed by atoms with E-state index < -0.39 is 0 Å². The molecule has 1 rings (SSSR count). The number of hydrogen-bond donors (Lipinski definition) is 1. The average Bonchev–Trinajstić information content (AvgIpc) is 2.65. The SMILES string of the molecule is CCN(C)C(=O)CNC1CC=CC1. The summed E-state index contributed by atoms with van der Waals surface area (Å²) in [5.41, 5.74) is 0. The van der Waals surface area contributed by atoms with Gasteiger partial charge in [-0.2, -0.15) is 0 Å². The highest BCUT2D eigenvalue weighted by molar-refractivity contribution is 5.77. The Morgan fingerprint density at radius 1 is 1.54 bits per heavy atom. The Hall–Kier alpha value is -0.830. The molecule has 0 aromatic rings. The van der Waals surface area contributed by atoms with E-state index in [-0.39, 0.29) is 5.91 Å². The second-order valence-electron chi connectivity index (χ2n) is 3.43. The zero-order chi connectivity index (χ0) is 9.68. The summed E-state index contributed by atoms with van der Waals surface area (Å²) in [4.78, 5) is 13.1. The van der Waals surface area contributed by atoms with E-state index in [4.69, 9.17) is 0 Å². The molecule has 0 spiro atoms. The predicted octanol–water partition coefficient (Wildman–Crippen LogP) is 0.773. The monoisotopic (exact) mass is 182 g/mol. The van der Waals surface area contributed by atoms with Gasteiger partial charge in [0.2, 0.25) is 5.91 Å². The first-order chi connectivity index (χ1) is 6.24. The molecule has 0 heterocycles. The third-order valence-corrected chi connectivity index (χ3v) is 2.45. The van der Waals surface area contributed by atoms with Gasteiger partial charge in [0, 0.05) is 19.6 Å². The highest BCUT2D eigenvalue weighted by Crippen LogP contribution is 2.08. The molecule has 1 aliphatic carbocycles. The topological polar surface area (TPSA) is 32.3 Å². The van der Waals surface area contributed by atoms with Crippen molar-refractivity contribution in [1.29, 1.82) is 0 Å². The van der Waals surface area contributed by atoms with Crippen LogP contribution in [-0.4, -0.2) is 37.0 Å². The van der Waals surface area contributed by atoms with Crippen molar-refractivity contribution in [2.75, 3.05) is 20.1 Å². The zero-order valence-electron chi connectivity index (χ0n) is 8.42. The lowest BCUT2D eigenvalue weighted by molar-refractivity contribution is -0.128. The number of rotatable bonds is 4. The summed E-state index contributed by atoms with van der Waals surface area (Å²) in [6.07, 6.45) is 6.43. The Balaban J connectivity index is 2.14. The smallest absolute Gasteiger partial charge is 0.236 e. The number of nitrogens with one attached hydrogen (secondary N) is 1. The number of nitrogens with zero attached hydrogens (tertiary/aromatic N) is 1. The van der Waals surface area contributed by atoms with Crippen LogP contribution in [0.2, 0.25) is 0 Å². The molecule has 3 heteroatoms. The summed E-state index contributed by atoms with van der Waals surface area (Å²) >= 11 is 0. The second-order valence-corrected chi connectivity index (χ2v) is 3.43. The lowest BCUT2D eigenvalue weighted by Crippen LogP contribution is -2.39. The number of likely N-dealkylation sites (N-methyl/N-ethyl adjacent to an activating group) is 1. The van der Waals surface area contributed by atoms with Crippen LogP contribution in [0.15, 0.2) is 12.2 Å². The number of hydrogen-bond acceptors (Lipinski definition) is 2. The summed E-state index contributed by atoms with van der Waals surface area (Å²) in [6.45, 7) is 3.23. The molecule has 1 amide bonds. The Kier molecular flexibility index (Phi) is 3.96. The van der Waals surface area contributed by atoms with Crippen LogP contribution in [0.1, 0.15) is 19.8 Å². The maximum atomic E-state index is 11.4. The molecule has 1 aliphatic rings. The third kappa shape index (κ3) is 3.19. The van der Waals surface area contributed by atoms with Crippen molar-refractivity contribution in [2.24, 2.45) is 0 Å². The van der Waals surface area contributed by atoms with E-state index in [0.29, 0.717) is 12.6 Å². The van der Waals surface area contributed by atoms with E-state index >= 15 is 0 Å². The van der Waals surface area contributed by atoms with Crippen molar-refractivity contribution in [3.8, 4) is 0 Å². The quantitative estimate of drug-likeness (QED) is 0.651. The van der Waals surface area contributed by atoms with Crippen LogP contribution in [0, 0.1) is 0 Å². The van der Waals surface area contributed by atoms with Crippen molar-refractivity contribution in [1.82, 2.24) is 10.2 Å². The minimum atomic E-state index is 0.175. The van der Waals surface area contributed by atoms with Crippen molar-refractivity contribution in [3.05, 3.63) is 12.2 Å². The van der Waals surface area contributed by atoms with Gasteiger partial charge in [-0.3, -0.25) is 4.79 Å². The highest BCUT2D eigenvalue weighted by atomic mass is 16.2. The van der Waals surface area contributed by atoms with E-state index in [0.717, 1.165) is 19.4 Å². The predicted molar refractivity (Wildman–Crippen MR) is 53.5 cm³/mol. The first-order valence-electron chi connectivity index (χ1n) is 4.86. The molecule has 13 heavy (non-hydrogen) atoms. The van der Waals surface area contributed by atoms with Gasteiger partial charge in [0.15, 0.2) is 0 Å². The van der Waals surface area contributed by atoms with E-state index in [1.54, 1.807) is 4.90 Å². The molecule has 0 fully saturated rings. The molecule has 0 radical (unpaired) electrons. The normalized spacial score (nSPS) is 16.5. The van der Waals surface area contributed by atoms with E-state index in [9.17, 15) is 4.79 Å². The van der Waals surface area contributed by atoms with Crippen LogP contribution >= 0.6 is 0 Å². The third-order valence-electron chi connectivity index (χ3n) is 2.45. The lowest BCUT2D eigenvalue weighted by Gasteiger charge is -2.17. The molecule has 3 nitrogen and oxygen atoms in total. The molecule has 1 N–H and O–H groups in total. The van der Waals surface area contributed by atoms with Gasteiger partial charge < -0.3 is 10.2 Å². The Morgan fingerprint density at radius 2 is 2.15 bits per heavy atom. The first-order valence-corrected chi connectivity index (χ1v) is 4.86. The van der Waals surface area contributed by atoms with E-state index in [2.05, 4.69) is 17.5 Å². The summed E-state index contributed by atoms with van der Waals surface area (Å²) in [7, 11) is 1.83. The van der Waals surface area contributed by atoms with Gasteiger partial charge in [0.25, 0.3) is 0 Å². The molecule has 0 aromatic heterocycles. The van der Waals surface area contributed by atoms with Crippen molar-refractivity contribution in [3.63, 3.8) is 0 Å². The fraction of sp³-hybridized carbons (Fsp3) is 0.700. The molecule has 74 valence electrons. The zero-order valence-corrected chi connectivity index (χ0v) is 8.42. The minimum Gasteiger partial charge on any atom is -0.345 e. The van der Waals surface area contributed by atoms with Gasteiger partial charge in [-0.05, 0) is 19.8 Å². The van der Waals surface area contributed by atoms with Crippen LogP contribution in [0.4, 0.5) is 0 Å². The molecule has 0 saturated carbocycles. The van der Waals surface area contributed by atoms with Gasteiger partial charge in [0.05, 0.1) is 6.54 Å². The lowest BCUT2D eigenvalue weighted by atomic mass is 10.2. The van der Waals surface area contributed by atoms with Gasteiger partial charge in [0.1, 0.15) is 0 Å². The van der Waals surface area contributed by atoms with Crippen LogP contribution in [0.3, 0.4) is 0 Å². The fourth-order valence-corrected chi connectivity index (χ4v) is 1.33. The molecular weight excluding hydrogens is 164 g/mol. The Labute approximate surface area is 79.8 Å².